The molecule has 0 aliphatic carbocycles. The largest absolute Gasteiger partial charge is 0.208 e. The molecular weight excluding hydrogens is 262 g/mol. The average Bonchev–Trinajstić information content (AvgIpc) is 2.41. The van der Waals surface area contributed by atoms with Crippen molar-refractivity contribution in [3.05, 3.63) is 59.9 Å². The Balaban J connectivity index is 1.87. The number of thioether (sulfide) groups is 1. The molecule has 0 radical (unpaired) electrons. The number of aryl methyl sites for hydroxylation is 2. The molecule has 2 rings (SSSR count). The fraction of sp³-hybridized carbons (Fsp3) is 0.389. The molecule has 1 aromatic heterocycles. The number of benzene rings is 1. The fourth-order valence-corrected chi connectivity index (χ4v) is 2.94. The lowest BCUT2D eigenvalue weighted by atomic mass is 9.87. The Hall–Kier alpha value is -1.28. The van der Waals surface area contributed by atoms with Crippen molar-refractivity contribution in [1.29, 1.82) is 0 Å². The monoisotopic (exact) mass is 286 g/mol. The van der Waals surface area contributed by atoms with Crippen LogP contribution in [-0.4, -0.2) is 5.75 Å². The lowest BCUT2D eigenvalue weighted by Crippen LogP contribution is -2.25. The van der Waals surface area contributed by atoms with Gasteiger partial charge in [-0.1, -0.05) is 32.9 Å². The van der Waals surface area contributed by atoms with E-state index in [4.69, 9.17) is 0 Å². The maximum atomic E-state index is 2.25. The van der Waals surface area contributed by atoms with E-state index in [-0.39, 0.29) is 5.41 Å². The first kappa shape index (κ1) is 15.1. The van der Waals surface area contributed by atoms with Gasteiger partial charge in [0.2, 0.25) is 0 Å². The summed E-state index contributed by atoms with van der Waals surface area (Å²) < 4.78 is 2.07. The summed E-state index contributed by atoms with van der Waals surface area (Å²) in [7, 11) is 2.05. The minimum atomic E-state index is 0.239. The summed E-state index contributed by atoms with van der Waals surface area (Å²) >= 11 is 1.93. The zero-order chi connectivity index (χ0) is 14.6. The minimum Gasteiger partial charge on any atom is -0.208 e. The predicted molar refractivity (Wildman–Crippen MR) is 87.2 cm³/mol. The van der Waals surface area contributed by atoms with Gasteiger partial charge >= 0.3 is 0 Å². The van der Waals surface area contributed by atoms with Gasteiger partial charge in [-0.3, -0.25) is 0 Å². The Kier molecular flexibility index (Phi) is 4.87. The van der Waals surface area contributed by atoms with Crippen LogP contribution in [0.1, 0.15) is 31.9 Å². The Labute approximate surface area is 127 Å². The summed E-state index contributed by atoms with van der Waals surface area (Å²) in [4.78, 5) is 1.36. The SMILES string of the molecule is C[n+]1ccc(CCSc2ccc(C(C)(C)C)cc2)cc1. The van der Waals surface area contributed by atoms with Crippen molar-refractivity contribution in [3.8, 4) is 0 Å². The fourth-order valence-electron chi connectivity index (χ4n) is 2.04. The molecule has 0 N–H and O–H groups in total. The van der Waals surface area contributed by atoms with E-state index in [9.17, 15) is 0 Å². The van der Waals surface area contributed by atoms with Crippen molar-refractivity contribution in [2.75, 3.05) is 5.75 Å². The van der Waals surface area contributed by atoms with Crippen LogP contribution in [0.4, 0.5) is 0 Å². The van der Waals surface area contributed by atoms with Gasteiger partial charge in [-0.2, -0.15) is 0 Å². The molecule has 106 valence electrons. The first-order valence-corrected chi connectivity index (χ1v) is 8.11. The van der Waals surface area contributed by atoms with Crippen molar-refractivity contribution in [1.82, 2.24) is 0 Å². The van der Waals surface area contributed by atoms with Crippen LogP contribution in [0.25, 0.3) is 0 Å². The van der Waals surface area contributed by atoms with Crippen molar-refractivity contribution in [2.24, 2.45) is 7.05 Å². The lowest BCUT2D eigenvalue weighted by Gasteiger charge is -2.19. The van der Waals surface area contributed by atoms with Crippen LogP contribution in [0.5, 0.6) is 0 Å². The van der Waals surface area contributed by atoms with Crippen LogP contribution in [0.2, 0.25) is 0 Å². The second kappa shape index (κ2) is 6.45. The average molecular weight is 286 g/mol. The molecular formula is C18H24NS+. The van der Waals surface area contributed by atoms with Gasteiger partial charge in [0.15, 0.2) is 12.4 Å². The van der Waals surface area contributed by atoms with Gasteiger partial charge in [0.1, 0.15) is 7.05 Å². The highest BCUT2D eigenvalue weighted by Crippen LogP contribution is 2.25. The number of pyridine rings is 1. The quantitative estimate of drug-likeness (QED) is 0.603. The topological polar surface area (TPSA) is 3.88 Å². The van der Waals surface area contributed by atoms with Gasteiger partial charge in [-0.25, -0.2) is 4.57 Å². The Morgan fingerprint density at radius 3 is 2.10 bits per heavy atom. The standard InChI is InChI=1S/C18H24NS/c1-18(2,3)16-5-7-17(8-6-16)20-14-11-15-9-12-19(4)13-10-15/h5-10,12-13H,11,14H2,1-4H3/q+1. The Morgan fingerprint density at radius 1 is 0.950 bits per heavy atom. The van der Waals surface area contributed by atoms with Gasteiger partial charge in [0.25, 0.3) is 0 Å². The molecule has 0 saturated heterocycles. The first-order chi connectivity index (χ1) is 9.45. The highest BCUT2D eigenvalue weighted by molar-refractivity contribution is 7.99. The summed E-state index contributed by atoms with van der Waals surface area (Å²) in [6.45, 7) is 6.76. The molecule has 0 unspecified atom stereocenters. The summed E-state index contributed by atoms with van der Waals surface area (Å²) in [6, 6.07) is 13.4. The van der Waals surface area contributed by atoms with Crippen molar-refractivity contribution < 1.29 is 4.57 Å². The number of rotatable bonds is 4. The summed E-state index contributed by atoms with van der Waals surface area (Å²) in [5.41, 5.74) is 3.04. The third kappa shape index (κ3) is 4.38. The molecule has 0 fully saturated rings. The number of nitrogens with zero attached hydrogens (tertiary/aromatic N) is 1. The zero-order valence-electron chi connectivity index (χ0n) is 12.9. The number of aromatic nitrogens is 1. The van der Waals surface area contributed by atoms with Gasteiger partial charge < -0.3 is 0 Å². The Bertz CT molecular complexity index is 535. The molecule has 0 aliphatic heterocycles. The summed E-state index contributed by atoms with van der Waals surface area (Å²) in [5, 5.41) is 0. The van der Waals surface area contributed by atoms with Gasteiger partial charge in [-0.05, 0) is 35.1 Å². The van der Waals surface area contributed by atoms with Gasteiger partial charge in [0.05, 0.1) is 0 Å². The van der Waals surface area contributed by atoms with Crippen molar-refractivity contribution in [3.63, 3.8) is 0 Å². The molecule has 0 atom stereocenters. The molecule has 0 amide bonds. The van der Waals surface area contributed by atoms with E-state index >= 15 is 0 Å². The molecule has 20 heavy (non-hydrogen) atoms. The van der Waals surface area contributed by atoms with Crippen LogP contribution in [0, 0.1) is 0 Å². The lowest BCUT2D eigenvalue weighted by molar-refractivity contribution is -0.671. The zero-order valence-corrected chi connectivity index (χ0v) is 13.7. The molecule has 0 aliphatic rings. The molecule has 1 aromatic carbocycles. The van der Waals surface area contributed by atoms with E-state index in [0.717, 1.165) is 12.2 Å². The van der Waals surface area contributed by atoms with Crippen LogP contribution in [-0.2, 0) is 18.9 Å². The minimum absolute atomic E-state index is 0.239. The van der Waals surface area contributed by atoms with E-state index in [1.165, 1.54) is 16.0 Å². The molecule has 1 nitrogen and oxygen atoms in total. The predicted octanol–water partition coefficient (Wildman–Crippen LogP) is 4.14. The van der Waals surface area contributed by atoms with E-state index < -0.39 is 0 Å². The second-order valence-corrected chi connectivity index (χ2v) is 7.41. The molecule has 1 heterocycles. The number of hydrogen-bond acceptors (Lipinski definition) is 1. The van der Waals surface area contributed by atoms with E-state index in [1.54, 1.807) is 0 Å². The maximum absolute atomic E-state index is 2.25. The third-order valence-corrected chi connectivity index (χ3v) is 4.44. The molecule has 2 heteroatoms. The van der Waals surface area contributed by atoms with Crippen molar-refractivity contribution >= 4 is 11.8 Å². The van der Waals surface area contributed by atoms with Crippen molar-refractivity contribution in [2.45, 2.75) is 37.5 Å². The van der Waals surface area contributed by atoms with Crippen LogP contribution < -0.4 is 4.57 Å². The highest BCUT2D eigenvalue weighted by atomic mass is 32.2. The highest BCUT2D eigenvalue weighted by Gasteiger charge is 2.12. The number of hydrogen-bond donors (Lipinski definition) is 0. The van der Waals surface area contributed by atoms with Crippen LogP contribution in [0.3, 0.4) is 0 Å². The third-order valence-electron chi connectivity index (χ3n) is 3.43. The van der Waals surface area contributed by atoms with Gasteiger partial charge in [0, 0.05) is 22.8 Å². The smallest absolute Gasteiger partial charge is 0.168 e. The molecule has 0 saturated carbocycles. The van der Waals surface area contributed by atoms with Gasteiger partial charge in [-0.15, -0.1) is 11.8 Å². The van der Waals surface area contributed by atoms with Crippen LogP contribution >= 0.6 is 11.8 Å². The normalized spacial score (nSPS) is 11.6. The second-order valence-electron chi connectivity index (χ2n) is 6.24. The molecule has 0 bridgehead atoms. The summed E-state index contributed by atoms with van der Waals surface area (Å²) in [6.07, 6.45) is 5.34. The van der Waals surface area contributed by atoms with E-state index in [1.807, 2.05) is 11.8 Å². The van der Waals surface area contributed by atoms with E-state index in [0.29, 0.717) is 0 Å². The van der Waals surface area contributed by atoms with E-state index in [2.05, 4.69) is 81.2 Å². The molecule has 2 aromatic rings. The maximum Gasteiger partial charge on any atom is 0.168 e. The molecule has 0 spiro atoms. The first-order valence-electron chi connectivity index (χ1n) is 7.13. The van der Waals surface area contributed by atoms with Crippen LogP contribution in [0.15, 0.2) is 53.7 Å². The Morgan fingerprint density at radius 2 is 1.55 bits per heavy atom. The summed E-state index contributed by atoms with van der Waals surface area (Å²) in [5.74, 6) is 1.13.